The number of hydrogen-bond donors (Lipinski definition) is 1. The van der Waals surface area contributed by atoms with Crippen molar-refractivity contribution < 1.29 is 72.4 Å². The van der Waals surface area contributed by atoms with Crippen molar-refractivity contribution in [1.82, 2.24) is 0 Å². The molecule has 8 heteroatoms. The summed E-state index contributed by atoms with van der Waals surface area (Å²) in [5.41, 5.74) is 0. The summed E-state index contributed by atoms with van der Waals surface area (Å²) in [5.74, 6) is -0.975. The van der Waals surface area contributed by atoms with Gasteiger partial charge in [0.15, 0.2) is 0 Å². The van der Waals surface area contributed by atoms with Crippen molar-refractivity contribution in [2.75, 3.05) is 0 Å². The van der Waals surface area contributed by atoms with Gasteiger partial charge in [-0.2, -0.15) is 8.42 Å². The predicted octanol–water partition coefficient (Wildman–Crippen LogP) is -3.14. The third kappa shape index (κ3) is 13.9. The molecule has 0 fully saturated rings. The van der Waals surface area contributed by atoms with Crippen LogP contribution in [0.5, 0.6) is 0 Å². The van der Waals surface area contributed by atoms with E-state index in [1.165, 1.54) is 6.92 Å². The number of hydrogen-bond acceptors (Lipinski definition) is 4. The molecule has 11 heavy (non-hydrogen) atoms. The van der Waals surface area contributed by atoms with Gasteiger partial charge in [-0.15, -0.1) is 0 Å². The van der Waals surface area contributed by atoms with Crippen molar-refractivity contribution in [3.8, 4) is 0 Å². The molecule has 5 nitrogen and oxygen atoms in total. The van der Waals surface area contributed by atoms with Gasteiger partial charge >= 0.3 is 45.9 Å². The second kappa shape index (κ2) is 7.64. The summed E-state index contributed by atoms with van der Waals surface area (Å²) in [7, 11) is -4.58. The summed E-state index contributed by atoms with van der Waals surface area (Å²) in [6.45, 7) is 1.41. The Kier molecular flexibility index (Phi) is 12.5. The van der Waals surface area contributed by atoms with Gasteiger partial charge in [0.05, 0.1) is 0 Å². The van der Waals surface area contributed by atoms with Crippen LogP contribution in [0.4, 0.5) is 0 Å². The van der Waals surface area contributed by atoms with Crippen LogP contribution < -0.4 is 29.6 Å². The van der Waals surface area contributed by atoms with Crippen LogP contribution in [0.1, 0.15) is 14.8 Å². The topological polar surface area (TPSA) is 80.7 Å². The van der Waals surface area contributed by atoms with Crippen LogP contribution in [0.2, 0.25) is 0 Å². The first-order valence-corrected chi connectivity index (χ1v) is 3.52. The van der Waals surface area contributed by atoms with E-state index in [1.807, 2.05) is 0 Å². The Morgan fingerprint density at radius 3 is 2.09 bits per heavy atom. The van der Waals surface area contributed by atoms with Gasteiger partial charge in [-0.1, -0.05) is 6.92 Å². The fourth-order valence-electron chi connectivity index (χ4n) is 0.176. The van der Waals surface area contributed by atoms with E-state index < -0.39 is 16.4 Å². The Bertz CT molecular complexity index is 205. The number of carbonyl (C=O) groups is 1. The molecule has 0 rings (SSSR count). The first-order chi connectivity index (χ1) is 3.95. The molecule has 0 aliphatic carbocycles. The molecule has 0 aromatic carbocycles. The Morgan fingerprint density at radius 1 is 1.64 bits per heavy atom. The molecule has 0 heterocycles. The summed E-state index contributed by atoms with van der Waals surface area (Å²) < 4.78 is 30.8. The molecule has 0 spiro atoms. The monoisotopic (exact) mass is 242 g/mol. The minimum atomic E-state index is -4.58. The summed E-state index contributed by atoms with van der Waals surface area (Å²) in [4.78, 5) is 10.1. The van der Waals surface area contributed by atoms with Gasteiger partial charge in [0.2, 0.25) is 0 Å². The predicted molar refractivity (Wildman–Crippen MR) is 29.0 cm³/mol. The molecule has 0 radical (unpaired) electrons. The molecule has 0 aliphatic heterocycles. The Morgan fingerprint density at radius 2 is 2.00 bits per heavy atom. The molecule has 0 aliphatic rings. The van der Waals surface area contributed by atoms with Crippen LogP contribution in [0.25, 0.3) is 0 Å². The van der Waals surface area contributed by atoms with Crippen LogP contribution in [0.3, 0.4) is 0 Å². The zero-order chi connectivity index (χ0) is 7.49. The zero-order valence-electron chi connectivity index (χ0n) is 7.40. The standard InChI is InChI=1S/C3H6O5S.Na.Zn.H/c1-2-3(4)8-9(5,6)7;;;/h2H2,1H3,(H,5,6,7);;;/q;+1;;-1. The van der Waals surface area contributed by atoms with E-state index in [9.17, 15) is 13.2 Å². The Hall–Kier alpha value is 1.00. The SMILES string of the molecule is CCC(=O)OS(=O)(=O)O.[H-].[Na+].[Zn]. The van der Waals surface area contributed by atoms with Crippen LogP contribution in [0.15, 0.2) is 0 Å². The first-order valence-electron chi connectivity index (χ1n) is 2.15. The maximum Gasteiger partial charge on any atom is 1.00 e. The van der Waals surface area contributed by atoms with Crippen LogP contribution in [0, 0.1) is 0 Å². The molecule has 0 saturated carbocycles. The third-order valence-corrected chi connectivity index (χ3v) is 0.883. The van der Waals surface area contributed by atoms with Gasteiger partial charge in [-0.25, -0.2) is 0 Å². The molecule has 0 aromatic heterocycles. The van der Waals surface area contributed by atoms with Gasteiger partial charge < -0.3 is 5.61 Å². The van der Waals surface area contributed by atoms with Crippen molar-refractivity contribution in [2.24, 2.45) is 0 Å². The van der Waals surface area contributed by atoms with Gasteiger partial charge in [-0.05, 0) is 0 Å². The molecule has 0 saturated heterocycles. The van der Waals surface area contributed by atoms with E-state index in [0.29, 0.717) is 0 Å². The molecule has 1 N–H and O–H groups in total. The van der Waals surface area contributed by atoms with Crippen molar-refractivity contribution >= 4 is 16.4 Å². The Balaban J connectivity index is -0.000000107. The third-order valence-electron chi connectivity index (χ3n) is 0.487. The number of carbonyl (C=O) groups excluding carboxylic acids is 1. The van der Waals surface area contributed by atoms with E-state index in [2.05, 4.69) is 4.18 Å². The largest absolute Gasteiger partial charge is 1.00 e. The van der Waals surface area contributed by atoms with Crippen molar-refractivity contribution in [3.63, 3.8) is 0 Å². The molecular formula is C3H7NaO5SZn. The van der Waals surface area contributed by atoms with Crippen molar-refractivity contribution in [3.05, 3.63) is 0 Å². The zero-order valence-corrected chi connectivity index (χ0v) is 12.2. The maximum atomic E-state index is 10.1. The number of rotatable bonds is 2. The summed E-state index contributed by atoms with van der Waals surface area (Å²) in [6.07, 6.45) is -0.0835. The molecule has 0 amide bonds. The summed E-state index contributed by atoms with van der Waals surface area (Å²) in [5, 5.41) is 0. The smallest absolute Gasteiger partial charge is 1.00 e. The molecule has 0 aromatic rings. The van der Waals surface area contributed by atoms with E-state index in [0.717, 1.165) is 0 Å². The van der Waals surface area contributed by atoms with E-state index in [-0.39, 0.29) is 56.9 Å². The van der Waals surface area contributed by atoms with Gasteiger partial charge in [0, 0.05) is 25.9 Å². The molecular weight excluding hydrogens is 236 g/mol. The van der Waals surface area contributed by atoms with Gasteiger partial charge in [-0.3, -0.25) is 9.35 Å². The average Bonchev–Trinajstić information content (AvgIpc) is 1.62. The van der Waals surface area contributed by atoms with E-state index in [1.54, 1.807) is 0 Å². The minimum absolute atomic E-state index is 0. The molecule has 58 valence electrons. The molecule has 0 atom stereocenters. The second-order valence-electron chi connectivity index (χ2n) is 1.24. The van der Waals surface area contributed by atoms with Crippen LogP contribution in [-0.2, 0) is 38.9 Å². The molecule has 0 bridgehead atoms. The maximum absolute atomic E-state index is 10.1. The average molecular weight is 244 g/mol. The first kappa shape index (κ1) is 17.9. The fourth-order valence-corrected chi connectivity index (χ4v) is 0.529. The van der Waals surface area contributed by atoms with Gasteiger partial charge in [0.25, 0.3) is 0 Å². The summed E-state index contributed by atoms with van der Waals surface area (Å²) in [6, 6.07) is 0. The van der Waals surface area contributed by atoms with Crippen molar-refractivity contribution in [1.29, 1.82) is 0 Å². The fraction of sp³-hybridized carbons (Fsp3) is 0.667. The van der Waals surface area contributed by atoms with Crippen LogP contribution >= 0.6 is 0 Å². The van der Waals surface area contributed by atoms with E-state index >= 15 is 0 Å². The summed E-state index contributed by atoms with van der Waals surface area (Å²) >= 11 is 0. The van der Waals surface area contributed by atoms with Crippen LogP contribution in [-0.4, -0.2) is 18.9 Å². The van der Waals surface area contributed by atoms with Crippen molar-refractivity contribution in [2.45, 2.75) is 13.3 Å². The second-order valence-corrected chi connectivity index (χ2v) is 2.26. The quantitative estimate of drug-likeness (QED) is 0.409. The Labute approximate surface area is 101 Å². The minimum Gasteiger partial charge on any atom is -1.00 e. The normalized spacial score (nSPS) is 8.91. The molecule has 0 unspecified atom stereocenters. The van der Waals surface area contributed by atoms with E-state index in [4.69, 9.17) is 4.55 Å². The van der Waals surface area contributed by atoms with Gasteiger partial charge in [0.1, 0.15) is 0 Å².